The molecule has 3 heteroatoms. The molecule has 0 bridgehead atoms. The Labute approximate surface area is 202 Å². The molecule has 0 atom stereocenters. The van der Waals surface area contributed by atoms with E-state index >= 15 is 0 Å². The van der Waals surface area contributed by atoms with Gasteiger partial charge in [-0.25, -0.2) is 0 Å². The largest absolute Gasteiger partial charge is 0.381 e. The van der Waals surface area contributed by atoms with Crippen LogP contribution in [0.3, 0.4) is 0 Å². The molecule has 0 unspecified atom stereocenters. The molecule has 0 saturated carbocycles. The standard InChI is InChI=1S/C27H28BrIO/c28-19-8-3-9-20-30-21-18-26(22-10-4-1-5-11-22)27(23-12-6-2-7-13-23)24-14-16-25(29)17-15-24/h1-2,4-7,10-17H,3,8-9,18-21H2. The molecule has 0 aliphatic carbocycles. The maximum Gasteiger partial charge on any atom is 0.0506 e. The highest BCUT2D eigenvalue weighted by Gasteiger charge is 2.14. The highest BCUT2D eigenvalue weighted by molar-refractivity contribution is 14.1. The summed E-state index contributed by atoms with van der Waals surface area (Å²) in [7, 11) is 0. The maximum absolute atomic E-state index is 6.02. The average Bonchev–Trinajstić information content (AvgIpc) is 2.80. The second kappa shape index (κ2) is 13.1. The van der Waals surface area contributed by atoms with Crippen molar-refractivity contribution in [3.8, 4) is 0 Å². The summed E-state index contributed by atoms with van der Waals surface area (Å²) in [5, 5.41) is 1.07. The first kappa shape index (κ1) is 23.2. The predicted molar refractivity (Wildman–Crippen MR) is 141 cm³/mol. The molecule has 3 aromatic carbocycles. The fourth-order valence-electron chi connectivity index (χ4n) is 3.54. The zero-order valence-electron chi connectivity index (χ0n) is 17.2. The van der Waals surface area contributed by atoms with Crippen LogP contribution < -0.4 is 0 Å². The Balaban J connectivity index is 1.94. The lowest BCUT2D eigenvalue weighted by Gasteiger charge is -2.18. The Morgan fingerprint density at radius 3 is 1.90 bits per heavy atom. The molecule has 3 rings (SSSR count). The minimum Gasteiger partial charge on any atom is -0.381 e. The molecule has 0 spiro atoms. The number of unbranched alkanes of at least 4 members (excludes halogenated alkanes) is 2. The van der Waals surface area contributed by atoms with Gasteiger partial charge in [-0.15, -0.1) is 0 Å². The van der Waals surface area contributed by atoms with Gasteiger partial charge in [0.25, 0.3) is 0 Å². The maximum atomic E-state index is 6.02. The van der Waals surface area contributed by atoms with E-state index in [-0.39, 0.29) is 0 Å². The highest BCUT2D eigenvalue weighted by Crippen LogP contribution is 2.34. The van der Waals surface area contributed by atoms with Crippen LogP contribution in [0.15, 0.2) is 84.9 Å². The monoisotopic (exact) mass is 574 g/mol. The lowest BCUT2D eigenvalue weighted by Crippen LogP contribution is -2.02. The van der Waals surface area contributed by atoms with E-state index in [4.69, 9.17) is 4.74 Å². The SMILES string of the molecule is BrCCCCCOCCC(=C(c1ccccc1)c1ccc(I)cc1)c1ccccc1. The topological polar surface area (TPSA) is 9.23 Å². The lowest BCUT2D eigenvalue weighted by atomic mass is 9.88. The van der Waals surface area contributed by atoms with Gasteiger partial charge in [-0.2, -0.15) is 0 Å². The summed E-state index contributed by atoms with van der Waals surface area (Å²) in [6.07, 6.45) is 4.44. The van der Waals surface area contributed by atoms with Gasteiger partial charge in [-0.1, -0.05) is 95.1 Å². The van der Waals surface area contributed by atoms with E-state index in [1.54, 1.807) is 0 Å². The zero-order valence-corrected chi connectivity index (χ0v) is 20.9. The van der Waals surface area contributed by atoms with Crippen LogP contribution in [-0.4, -0.2) is 18.5 Å². The van der Waals surface area contributed by atoms with Gasteiger partial charge in [0.15, 0.2) is 0 Å². The predicted octanol–water partition coefficient (Wildman–Crippen LogP) is 8.22. The first-order valence-electron chi connectivity index (χ1n) is 10.5. The molecule has 0 N–H and O–H groups in total. The minimum atomic E-state index is 0.735. The number of alkyl halides is 1. The molecule has 0 radical (unpaired) electrons. The van der Waals surface area contributed by atoms with E-state index in [0.717, 1.165) is 31.4 Å². The van der Waals surface area contributed by atoms with Crippen molar-refractivity contribution in [2.45, 2.75) is 25.7 Å². The van der Waals surface area contributed by atoms with E-state index in [2.05, 4.69) is 123 Å². The van der Waals surface area contributed by atoms with Gasteiger partial charge >= 0.3 is 0 Å². The average molecular weight is 575 g/mol. The Bertz CT molecular complexity index is 905. The van der Waals surface area contributed by atoms with Crippen molar-refractivity contribution in [3.63, 3.8) is 0 Å². The molecule has 0 saturated heterocycles. The van der Waals surface area contributed by atoms with Crippen molar-refractivity contribution in [2.75, 3.05) is 18.5 Å². The first-order valence-corrected chi connectivity index (χ1v) is 12.7. The summed E-state index contributed by atoms with van der Waals surface area (Å²) in [4.78, 5) is 0. The summed E-state index contributed by atoms with van der Waals surface area (Å²) in [6, 6.07) is 30.3. The zero-order chi connectivity index (χ0) is 21.0. The Morgan fingerprint density at radius 2 is 1.27 bits per heavy atom. The van der Waals surface area contributed by atoms with Crippen LogP contribution in [0.2, 0.25) is 0 Å². The highest BCUT2D eigenvalue weighted by atomic mass is 127. The van der Waals surface area contributed by atoms with Gasteiger partial charge in [-0.05, 0) is 81.8 Å². The van der Waals surface area contributed by atoms with Crippen LogP contribution in [0.1, 0.15) is 42.4 Å². The van der Waals surface area contributed by atoms with E-state index in [9.17, 15) is 0 Å². The van der Waals surface area contributed by atoms with E-state index in [0.29, 0.717) is 0 Å². The first-order chi connectivity index (χ1) is 14.8. The molecular weight excluding hydrogens is 547 g/mol. The third-order valence-corrected chi connectivity index (χ3v) is 6.32. The summed E-state index contributed by atoms with van der Waals surface area (Å²) < 4.78 is 7.27. The number of ether oxygens (including phenoxy) is 1. The Morgan fingerprint density at radius 1 is 0.667 bits per heavy atom. The molecular formula is C27H28BrIO. The van der Waals surface area contributed by atoms with Crippen molar-refractivity contribution in [1.29, 1.82) is 0 Å². The molecule has 0 heterocycles. The van der Waals surface area contributed by atoms with Gasteiger partial charge in [0.05, 0.1) is 6.61 Å². The van der Waals surface area contributed by atoms with Crippen LogP contribution in [-0.2, 0) is 4.74 Å². The second-order valence-electron chi connectivity index (χ2n) is 7.20. The second-order valence-corrected chi connectivity index (χ2v) is 9.24. The number of hydrogen-bond donors (Lipinski definition) is 0. The summed E-state index contributed by atoms with van der Waals surface area (Å²) in [5.74, 6) is 0. The molecule has 0 aromatic heterocycles. The smallest absolute Gasteiger partial charge is 0.0506 e. The number of halogens is 2. The van der Waals surface area contributed by atoms with E-state index in [1.807, 2.05) is 0 Å². The molecule has 0 aliphatic heterocycles. The summed E-state index contributed by atoms with van der Waals surface area (Å²) in [5.41, 5.74) is 6.38. The third kappa shape index (κ3) is 7.07. The lowest BCUT2D eigenvalue weighted by molar-refractivity contribution is 0.136. The molecule has 156 valence electrons. The normalized spacial score (nSPS) is 11.9. The van der Waals surface area contributed by atoms with E-state index < -0.39 is 0 Å². The van der Waals surface area contributed by atoms with Crippen molar-refractivity contribution in [2.24, 2.45) is 0 Å². The fourth-order valence-corrected chi connectivity index (χ4v) is 4.30. The number of hydrogen-bond acceptors (Lipinski definition) is 1. The van der Waals surface area contributed by atoms with Gasteiger partial charge in [0.2, 0.25) is 0 Å². The molecule has 0 amide bonds. The van der Waals surface area contributed by atoms with E-state index in [1.165, 1.54) is 44.2 Å². The minimum absolute atomic E-state index is 0.735. The fraction of sp³-hybridized carbons (Fsp3) is 0.259. The van der Waals surface area contributed by atoms with Crippen molar-refractivity contribution >= 4 is 49.7 Å². The Hall–Kier alpha value is -1.43. The van der Waals surface area contributed by atoms with Crippen molar-refractivity contribution in [3.05, 3.63) is 105 Å². The van der Waals surface area contributed by atoms with Gasteiger partial charge in [0.1, 0.15) is 0 Å². The molecule has 3 aromatic rings. The van der Waals surface area contributed by atoms with Crippen molar-refractivity contribution < 1.29 is 4.74 Å². The number of rotatable bonds is 11. The third-order valence-electron chi connectivity index (χ3n) is 5.04. The summed E-state index contributed by atoms with van der Waals surface area (Å²) in [6.45, 7) is 1.57. The van der Waals surface area contributed by atoms with Gasteiger partial charge in [-0.3, -0.25) is 0 Å². The molecule has 1 nitrogen and oxygen atoms in total. The Kier molecular flexibility index (Phi) is 10.1. The van der Waals surface area contributed by atoms with Crippen LogP contribution >= 0.6 is 38.5 Å². The molecule has 30 heavy (non-hydrogen) atoms. The quantitative estimate of drug-likeness (QED) is 0.0970. The van der Waals surface area contributed by atoms with Crippen LogP contribution in [0.4, 0.5) is 0 Å². The van der Waals surface area contributed by atoms with Crippen LogP contribution in [0, 0.1) is 3.57 Å². The summed E-state index contributed by atoms with van der Waals surface area (Å²) >= 11 is 5.86. The molecule has 0 aliphatic rings. The van der Waals surface area contributed by atoms with Crippen LogP contribution in [0.25, 0.3) is 11.1 Å². The van der Waals surface area contributed by atoms with Gasteiger partial charge < -0.3 is 4.74 Å². The molecule has 0 fully saturated rings. The number of benzene rings is 3. The van der Waals surface area contributed by atoms with Crippen LogP contribution in [0.5, 0.6) is 0 Å². The van der Waals surface area contributed by atoms with Gasteiger partial charge in [0, 0.05) is 15.5 Å². The van der Waals surface area contributed by atoms with Crippen molar-refractivity contribution in [1.82, 2.24) is 0 Å².